The molecule has 1 aromatic heterocycles. The molecule has 150 valence electrons. The zero-order valence-electron chi connectivity index (χ0n) is 16.7. The number of hydrogen-bond acceptors (Lipinski definition) is 4. The number of nitrogens with one attached hydrogen (secondary N) is 1. The molecule has 1 aromatic rings. The molecule has 1 saturated carbocycles. The zero-order chi connectivity index (χ0) is 19.2. The molecule has 6 nitrogen and oxygen atoms in total. The summed E-state index contributed by atoms with van der Waals surface area (Å²) in [5.74, 6) is 2.09. The molecule has 6 heteroatoms. The van der Waals surface area contributed by atoms with E-state index in [-0.39, 0.29) is 17.7 Å². The standard InChI is InChI=1S/C21H33N3O3/c1-15(2)10-19-11-18(23-27-19)12-22-21(26)17-8-9-20(25)24(14-17)13-16-6-4-3-5-7-16/h11,15-17H,3-10,12-14H2,1-2H3,(H,22,26)/t17-/m0/s1. The molecule has 0 radical (unpaired) electrons. The minimum absolute atomic E-state index is 0.0181. The van der Waals surface area contributed by atoms with Crippen molar-refractivity contribution >= 4 is 11.8 Å². The van der Waals surface area contributed by atoms with Gasteiger partial charge in [0.1, 0.15) is 11.5 Å². The van der Waals surface area contributed by atoms with E-state index in [0.29, 0.717) is 37.8 Å². The van der Waals surface area contributed by atoms with Crippen molar-refractivity contribution < 1.29 is 14.1 Å². The highest BCUT2D eigenvalue weighted by Crippen LogP contribution is 2.27. The maximum atomic E-state index is 12.6. The SMILES string of the molecule is CC(C)Cc1cc(CNC(=O)[C@H]2CCC(=O)N(CC3CCCCC3)C2)no1. The molecular formula is C21H33N3O3. The van der Waals surface area contributed by atoms with Crippen LogP contribution in [0.3, 0.4) is 0 Å². The van der Waals surface area contributed by atoms with E-state index in [1.165, 1.54) is 32.1 Å². The Kier molecular flexibility index (Phi) is 6.91. The Labute approximate surface area is 162 Å². The number of carbonyl (C=O) groups excluding carboxylic acids is 2. The van der Waals surface area contributed by atoms with Crippen LogP contribution in [0, 0.1) is 17.8 Å². The normalized spacial score (nSPS) is 21.7. The second-order valence-electron chi connectivity index (χ2n) is 8.64. The molecule has 2 amide bonds. The summed E-state index contributed by atoms with van der Waals surface area (Å²) in [5, 5.41) is 7.01. The average Bonchev–Trinajstić information content (AvgIpc) is 3.09. The van der Waals surface area contributed by atoms with Crippen molar-refractivity contribution in [3.8, 4) is 0 Å². The van der Waals surface area contributed by atoms with Crippen LogP contribution in [0.4, 0.5) is 0 Å². The molecule has 2 aliphatic rings. The molecule has 0 bridgehead atoms. The Morgan fingerprint density at radius 3 is 2.81 bits per heavy atom. The minimum atomic E-state index is -0.117. The van der Waals surface area contributed by atoms with Crippen molar-refractivity contribution in [1.82, 2.24) is 15.4 Å². The predicted molar refractivity (Wildman–Crippen MR) is 103 cm³/mol. The van der Waals surface area contributed by atoms with E-state index in [1.54, 1.807) is 0 Å². The fraction of sp³-hybridized carbons (Fsp3) is 0.762. The highest BCUT2D eigenvalue weighted by Gasteiger charge is 2.31. The summed E-state index contributed by atoms with van der Waals surface area (Å²) < 4.78 is 5.31. The first kappa shape index (κ1) is 19.9. The van der Waals surface area contributed by atoms with Crippen molar-refractivity contribution in [2.45, 2.75) is 71.8 Å². The number of piperidine rings is 1. The van der Waals surface area contributed by atoms with Gasteiger partial charge in [-0.15, -0.1) is 0 Å². The molecule has 1 atom stereocenters. The van der Waals surface area contributed by atoms with Crippen LogP contribution in [0.15, 0.2) is 10.6 Å². The number of likely N-dealkylation sites (tertiary alicyclic amines) is 1. The molecule has 0 aromatic carbocycles. The molecule has 1 aliphatic carbocycles. The van der Waals surface area contributed by atoms with Gasteiger partial charge in [0.15, 0.2) is 0 Å². The monoisotopic (exact) mass is 375 g/mol. The Bertz CT molecular complexity index is 634. The maximum Gasteiger partial charge on any atom is 0.225 e. The zero-order valence-corrected chi connectivity index (χ0v) is 16.7. The fourth-order valence-electron chi connectivity index (χ4n) is 4.25. The Balaban J connectivity index is 1.47. The molecule has 1 N–H and O–H groups in total. The number of rotatable bonds is 7. The summed E-state index contributed by atoms with van der Waals surface area (Å²) in [6.45, 7) is 6.03. The first-order valence-corrected chi connectivity index (χ1v) is 10.5. The summed E-state index contributed by atoms with van der Waals surface area (Å²) in [5.41, 5.74) is 0.755. The van der Waals surface area contributed by atoms with Gasteiger partial charge in [0.05, 0.1) is 12.5 Å². The third-order valence-corrected chi connectivity index (χ3v) is 5.74. The average molecular weight is 376 g/mol. The van der Waals surface area contributed by atoms with E-state index in [2.05, 4.69) is 24.3 Å². The van der Waals surface area contributed by atoms with Gasteiger partial charge in [0.2, 0.25) is 11.8 Å². The van der Waals surface area contributed by atoms with Crippen molar-refractivity contribution in [2.24, 2.45) is 17.8 Å². The fourth-order valence-corrected chi connectivity index (χ4v) is 4.25. The van der Waals surface area contributed by atoms with Crippen molar-refractivity contribution in [3.05, 3.63) is 17.5 Å². The van der Waals surface area contributed by atoms with Gasteiger partial charge in [-0.2, -0.15) is 0 Å². The lowest BCUT2D eigenvalue weighted by molar-refractivity contribution is -0.139. The molecular weight excluding hydrogens is 342 g/mol. The van der Waals surface area contributed by atoms with Gasteiger partial charge in [0.25, 0.3) is 0 Å². The van der Waals surface area contributed by atoms with Gasteiger partial charge >= 0.3 is 0 Å². The second kappa shape index (κ2) is 9.38. The van der Waals surface area contributed by atoms with Gasteiger partial charge in [-0.1, -0.05) is 38.3 Å². The highest BCUT2D eigenvalue weighted by molar-refractivity contribution is 5.83. The Hall–Kier alpha value is -1.85. The highest BCUT2D eigenvalue weighted by atomic mass is 16.5. The van der Waals surface area contributed by atoms with Crippen LogP contribution in [0.2, 0.25) is 0 Å². The summed E-state index contributed by atoms with van der Waals surface area (Å²) in [6.07, 6.45) is 8.26. The Morgan fingerprint density at radius 2 is 2.07 bits per heavy atom. The molecule has 2 fully saturated rings. The maximum absolute atomic E-state index is 12.6. The molecule has 0 unspecified atom stereocenters. The smallest absolute Gasteiger partial charge is 0.225 e. The minimum Gasteiger partial charge on any atom is -0.361 e. The third kappa shape index (κ3) is 5.81. The lowest BCUT2D eigenvalue weighted by Gasteiger charge is -2.35. The van der Waals surface area contributed by atoms with Crippen molar-refractivity contribution in [1.29, 1.82) is 0 Å². The number of aromatic nitrogens is 1. The van der Waals surface area contributed by atoms with Gasteiger partial charge in [-0.05, 0) is 31.1 Å². The number of carbonyl (C=O) groups is 2. The van der Waals surface area contributed by atoms with Gasteiger partial charge in [0, 0.05) is 32.0 Å². The van der Waals surface area contributed by atoms with Crippen LogP contribution in [-0.2, 0) is 22.6 Å². The summed E-state index contributed by atoms with van der Waals surface area (Å²) in [4.78, 5) is 26.8. The number of amides is 2. The summed E-state index contributed by atoms with van der Waals surface area (Å²) in [7, 11) is 0. The molecule has 2 heterocycles. The lowest BCUT2D eigenvalue weighted by Crippen LogP contribution is -2.47. The molecule has 3 rings (SSSR count). The van der Waals surface area contributed by atoms with Crippen LogP contribution in [0.1, 0.15) is 70.2 Å². The van der Waals surface area contributed by atoms with Crippen LogP contribution in [0.25, 0.3) is 0 Å². The number of nitrogens with zero attached hydrogens (tertiary/aromatic N) is 2. The van der Waals surface area contributed by atoms with Gasteiger partial charge in [-0.25, -0.2) is 0 Å². The van der Waals surface area contributed by atoms with E-state index in [9.17, 15) is 9.59 Å². The van der Waals surface area contributed by atoms with Gasteiger partial charge < -0.3 is 14.7 Å². The quantitative estimate of drug-likeness (QED) is 0.793. The molecule has 1 aliphatic heterocycles. The molecule has 27 heavy (non-hydrogen) atoms. The van der Waals surface area contributed by atoms with Crippen molar-refractivity contribution in [2.75, 3.05) is 13.1 Å². The lowest BCUT2D eigenvalue weighted by atomic mass is 9.87. The number of hydrogen-bond donors (Lipinski definition) is 1. The summed E-state index contributed by atoms with van der Waals surface area (Å²) in [6, 6.07) is 1.92. The first-order chi connectivity index (χ1) is 13.0. The van der Waals surface area contributed by atoms with Crippen LogP contribution in [-0.4, -0.2) is 35.0 Å². The Morgan fingerprint density at radius 1 is 1.30 bits per heavy atom. The van der Waals surface area contributed by atoms with E-state index >= 15 is 0 Å². The molecule has 0 spiro atoms. The largest absolute Gasteiger partial charge is 0.361 e. The summed E-state index contributed by atoms with van der Waals surface area (Å²) >= 11 is 0. The van der Waals surface area contributed by atoms with E-state index < -0.39 is 0 Å². The second-order valence-corrected chi connectivity index (χ2v) is 8.64. The van der Waals surface area contributed by atoms with E-state index in [4.69, 9.17) is 4.52 Å². The van der Waals surface area contributed by atoms with Crippen LogP contribution in [0.5, 0.6) is 0 Å². The third-order valence-electron chi connectivity index (χ3n) is 5.74. The van der Waals surface area contributed by atoms with Crippen molar-refractivity contribution in [3.63, 3.8) is 0 Å². The topological polar surface area (TPSA) is 75.4 Å². The first-order valence-electron chi connectivity index (χ1n) is 10.5. The van der Waals surface area contributed by atoms with Gasteiger partial charge in [-0.3, -0.25) is 9.59 Å². The molecule has 1 saturated heterocycles. The van der Waals surface area contributed by atoms with Crippen LogP contribution >= 0.6 is 0 Å². The predicted octanol–water partition coefficient (Wildman–Crippen LogP) is 3.31. The van der Waals surface area contributed by atoms with E-state index in [1.807, 2.05) is 11.0 Å². The van der Waals surface area contributed by atoms with Crippen LogP contribution < -0.4 is 5.32 Å². The van der Waals surface area contributed by atoms with E-state index in [0.717, 1.165) is 24.4 Å².